The molecule has 0 radical (unpaired) electrons. The molecule has 8 nitrogen and oxygen atoms in total. The second-order valence-electron chi connectivity index (χ2n) is 9.62. The Labute approximate surface area is 190 Å². The number of nitrogens with one attached hydrogen (secondary N) is 1. The number of ether oxygens (including phenoxy) is 3. The van der Waals surface area contributed by atoms with Crippen molar-refractivity contribution in [2.45, 2.75) is 65.3 Å². The number of amides is 1. The van der Waals surface area contributed by atoms with Gasteiger partial charge >= 0.3 is 13.2 Å². The van der Waals surface area contributed by atoms with Crippen molar-refractivity contribution in [2.75, 3.05) is 20.8 Å². The van der Waals surface area contributed by atoms with Gasteiger partial charge in [0.25, 0.3) is 0 Å². The number of hydrogen-bond acceptors (Lipinski definition) is 7. The Morgan fingerprint density at radius 3 is 1.97 bits per heavy atom. The van der Waals surface area contributed by atoms with Gasteiger partial charge in [0.05, 0.1) is 31.0 Å². The number of methoxy groups -OCH3 is 2. The van der Waals surface area contributed by atoms with E-state index in [9.17, 15) is 9.59 Å². The highest BCUT2D eigenvalue weighted by Gasteiger charge is 2.52. The first-order valence-electron chi connectivity index (χ1n) is 10.5. The van der Waals surface area contributed by atoms with Crippen molar-refractivity contribution in [1.29, 1.82) is 0 Å². The Balaban J connectivity index is 2.48. The summed E-state index contributed by atoms with van der Waals surface area (Å²) in [5.74, 6) is 0.885. The minimum absolute atomic E-state index is 0.105. The zero-order chi connectivity index (χ0) is 24.3. The summed E-state index contributed by atoms with van der Waals surface area (Å²) in [6, 6.07) is 3.23. The first kappa shape index (κ1) is 25.7. The average Bonchev–Trinajstić information content (AvgIpc) is 2.90. The molecule has 0 atom stereocenters. The van der Waals surface area contributed by atoms with Crippen LogP contribution in [0.25, 0.3) is 6.08 Å². The molecule has 0 aromatic heterocycles. The molecule has 176 valence electrons. The Morgan fingerprint density at radius 1 is 1.06 bits per heavy atom. The van der Waals surface area contributed by atoms with Gasteiger partial charge in [-0.2, -0.15) is 0 Å². The van der Waals surface area contributed by atoms with Crippen molar-refractivity contribution in [3.05, 3.63) is 28.7 Å². The summed E-state index contributed by atoms with van der Waals surface area (Å²) in [4.78, 5) is 23.6. The van der Waals surface area contributed by atoms with Crippen molar-refractivity contribution in [2.24, 2.45) is 0 Å². The van der Waals surface area contributed by atoms with Crippen LogP contribution < -0.4 is 14.8 Å². The first-order valence-corrected chi connectivity index (χ1v) is 10.5. The van der Waals surface area contributed by atoms with Crippen LogP contribution in [-0.2, 0) is 14.0 Å². The van der Waals surface area contributed by atoms with E-state index in [4.69, 9.17) is 23.5 Å². The zero-order valence-electron chi connectivity index (χ0n) is 20.5. The molecule has 0 unspecified atom stereocenters. The van der Waals surface area contributed by atoms with Crippen LogP contribution in [-0.4, -0.2) is 57.1 Å². The molecule has 0 bridgehead atoms. The van der Waals surface area contributed by atoms with Crippen molar-refractivity contribution in [3.63, 3.8) is 0 Å². The molecular formula is C23H34BNO7. The van der Waals surface area contributed by atoms with Gasteiger partial charge in [0.1, 0.15) is 23.4 Å². The maximum atomic E-state index is 12.3. The number of benzene rings is 1. The van der Waals surface area contributed by atoms with E-state index in [2.05, 4.69) is 5.32 Å². The van der Waals surface area contributed by atoms with Gasteiger partial charge in [0, 0.05) is 12.1 Å². The summed E-state index contributed by atoms with van der Waals surface area (Å²) in [6.07, 6.45) is 1.94. The standard InChI is InChI=1S/C23H34BNO7/c1-21(2,3)30-20(27)25-13-16(24-31-22(4,5)23(6,7)32-24)12-17-18(28-8)10-15(14-26)11-19(17)29-9/h10-12,14H,13H2,1-9H3,(H,25,27). The molecule has 1 fully saturated rings. The topological polar surface area (TPSA) is 92.3 Å². The number of carbonyl (C=O) groups is 2. The van der Waals surface area contributed by atoms with Crippen molar-refractivity contribution >= 4 is 25.6 Å². The summed E-state index contributed by atoms with van der Waals surface area (Å²) in [5, 5.41) is 2.76. The minimum atomic E-state index is -0.727. The van der Waals surface area contributed by atoms with E-state index in [1.165, 1.54) is 14.2 Å². The van der Waals surface area contributed by atoms with Gasteiger partial charge in [-0.1, -0.05) is 0 Å². The summed E-state index contributed by atoms with van der Waals surface area (Å²) in [5.41, 5.74) is -0.132. The highest BCUT2D eigenvalue weighted by Crippen LogP contribution is 2.40. The molecular weight excluding hydrogens is 413 g/mol. The van der Waals surface area contributed by atoms with Crippen LogP contribution in [0.2, 0.25) is 0 Å². The minimum Gasteiger partial charge on any atom is -0.496 e. The van der Waals surface area contributed by atoms with Crippen LogP contribution in [0.15, 0.2) is 17.6 Å². The molecule has 0 saturated carbocycles. The molecule has 9 heteroatoms. The van der Waals surface area contributed by atoms with E-state index < -0.39 is 30.0 Å². The van der Waals surface area contributed by atoms with Gasteiger partial charge in [0.2, 0.25) is 0 Å². The van der Waals surface area contributed by atoms with Gasteiger partial charge in [-0.3, -0.25) is 4.79 Å². The van der Waals surface area contributed by atoms with E-state index in [-0.39, 0.29) is 6.54 Å². The quantitative estimate of drug-likeness (QED) is 0.498. The molecule has 1 amide bonds. The molecule has 0 aliphatic carbocycles. The zero-order valence-corrected chi connectivity index (χ0v) is 20.5. The fourth-order valence-corrected chi connectivity index (χ4v) is 3.04. The van der Waals surface area contributed by atoms with E-state index in [0.717, 1.165) is 6.29 Å². The predicted octanol–water partition coefficient (Wildman–Crippen LogP) is 4.06. The van der Waals surface area contributed by atoms with Crippen LogP contribution in [0, 0.1) is 0 Å². The summed E-state index contributed by atoms with van der Waals surface area (Å²) in [6.45, 7) is 13.3. The van der Waals surface area contributed by atoms with Crippen molar-refractivity contribution < 1.29 is 33.1 Å². The smallest absolute Gasteiger partial charge is 0.492 e. The Kier molecular flexibility index (Phi) is 7.68. The average molecular weight is 447 g/mol. The highest BCUT2D eigenvalue weighted by atomic mass is 16.7. The van der Waals surface area contributed by atoms with Crippen LogP contribution in [0.5, 0.6) is 11.5 Å². The SMILES string of the molecule is COc1cc(C=O)cc(OC)c1C=C(CNC(=O)OC(C)(C)C)B1OC(C)(C)C(C)(C)O1. The Morgan fingerprint density at radius 2 is 1.56 bits per heavy atom. The molecule has 1 aromatic carbocycles. The van der Waals surface area contributed by atoms with Crippen LogP contribution >= 0.6 is 0 Å². The van der Waals surface area contributed by atoms with Gasteiger partial charge in [-0.15, -0.1) is 0 Å². The molecule has 1 saturated heterocycles. The lowest BCUT2D eigenvalue weighted by molar-refractivity contribution is 0.00578. The lowest BCUT2D eigenvalue weighted by Crippen LogP contribution is -2.41. The maximum Gasteiger partial charge on any atom is 0.492 e. The van der Waals surface area contributed by atoms with E-state index >= 15 is 0 Å². The molecule has 1 aromatic rings. The lowest BCUT2D eigenvalue weighted by atomic mass is 9.76. The van der Waals surface area contributed by atoms with Crippen LogP contribution in [0.1, 0.15) is 64.4 Å². The molecule has 1 aliphatic heterocycles. The maximum absolute atomic E-state index is 12.3. The summed E-state index contributed by atoms with van der Waals surface area (Å²) < 4.78 is 28.7. The Hall–Kier alpha value is -2.52. The number of carbonyl (C=O) groups excluding carboxylic acids is 2. The highest BCUT2D eigenvalue weighted by molar-refractivity contribution is 6.56. The molecule has 2 rings (SSSR count). The predicted molar refractivity (Wildman–Crippen MR) is 123 cm³/mol. The second-order valence-corrected chi connectivity index (χ2v) is 9.62. The fraction of sp³-hybridized carbons (Fsp3) is 0.565. The molecule has 1 N–H and O–H groups in total. The van der Waals surface area contributed by atoms with E-state index in [1.807, 2.05) is 27.7 Å². The van der Waals surface area contributed by atoms with E-state index in [1.54, 1.807) is 39.0 Å². The third-order valence-corrected chi connectivity index (χ3v) is 5.42. The number of alkyl carbamates (subject to hydrolysis) is 1. The molecule has 1 aliphatic rings. The third kappa shape index (κ3) is 6.04. The first-order chi connectivity index (χ1) is 14.7. The number of aldehydes is 1. The van der Waals surface area contributed by atoms with Gasteiger partial charge in [-0.05, 0) is 72.1 Å². The lowest BCUT2D eigenvalue weighted by Gasteiger charge is -2.32. The normalized spacial score (nSPS) is 17.7. The van der Waals surface area contributed by atoms with Gasteiger partial charge in [-0.25, -0.2) is 4.79 Å². The number of rotatable bonds is 7. The van der Waals surface area contributed by atoms with Crippen LogP contribution in [0.3, 0.4) is 0 Å². The van der Waals surface area contributed by atoms with Crippen LogP contribution in [0.4, 0.5) is 4.79 Å². The molecule has 32 heavy (non-hydrogen) atoms. The van der Waals surface area contributed by atoms with Crippen molar-refractivity contribution in [3.8, 4) is 11.5 Å². The van der Waals surface area contributed by atoms with Crippen molar-refractivity contribution in [1.82, 2.24) is 5.32 Å². The molecule has 1 heterocycles. The third-order valence-electron chi connectivity index (χ3n) is 5.42. The van der Waals surface area contributed by atoms with E-state index in [0.29, 0.717) is 28.1 Å². The second kappa shape index (κ2) is 9.54. The number of hydrogen-bond donors (Lipinski definition) is 1. The summed E-state index contributed by atoms with van der Waals surface area (Å²) >= 11 is 0. The largest absolute Gasteiger partial charge is 0.496 e. The monoisotopic (exact) mass is 447 g/mol. The fourth-order valence-electron chi connectivity index (χ4n) is 3.04. The Bertz CT molecular complexity index is 846. The summed E-state index contributed by atoms with van der Waals surface area (Å²) in [7, 11) is 2.29. The van der Waals surface area contributed by atoms with Gasteiger partial charge < -0.3 is 28.8 Å². The van der Waals surface area contributed by atoms with Gasteiger partial charge in [0.15, 0.2) is 0 Å². The molecule has 0 spiro atoms.